The van der Waals surface area contributed by atoms with Crippen LogP contribution in [0.5, 0.6) is 0 Å². The van der Waals surface area contributed by atoms with Crippen molar-refractivity contribution in [1.82, 2.24) is 14.9 Å². The number of hydrogen-bond donors (Lipinski definition) is 1. The minimum Gasteiger partial charge on any atom is -0.355 e. The smallest absolute Gasteiger partial charge is 0.177 e. The van der Waals surface area contributed by atoms with Gasteiger partial charge in [-0.3, -0.25) is 4.68 Å². The molecule has 28 heavy (non-hydrogen) atoms. The van der Waals surface area contributed by atoms with Gasteiger partial charge in [-0.15, -0.1) is 11.3 Å². The van der Waals surface area contributed by atoms with Gasteiger partial charge < -0.3 is 9.42 Å². The molecule has 0 aromatic carbocycles. The van der Waals surface area contributed by atoms with Crippen LogP contribution in [-0.2, 0) is 22.9 Å². The molecule has 3 aromatic rings. The monoisotopic (exact) mass is 421 g/mol. The Bertz CT molecular complexity index is 1070. The topological polar surface area (TPSA) is 82.4 Å². The summed E-state index contributed by atoms with van der Waals surface area (Å²) in [5, 5.41) is 10.9. The van der Waals surface area contributed by atoms with E-state index in [0.717, 1.165) is 40.8 Å². The summed E-state index contributed by atoms with van der Waals surface area (Å²) in [7, 11) is -0.807. The van der Waals surface area contributed by atoms with Crippen molar-refractivity contribution in [2.24, 2.45) is 0 Å². The fourth-order valence-electron chi connectivity index (χ4n) is 3.88. The highest BCUT2D eigenvalue weighted by Gasteiger charge is 2.31. The Hall–Kier alpha value is -1.97. The second-order valence-corrected chi connectivity index (χ2v) is 10.8. The molecule has 1 unspecified atom stereocenters. The number of nitrogens with zero attached hydrogens (tertiary/aromatic N) is 3. The van der Waals surface area contributed by atoms with Crippen molar-refractivity contribution >= 4 is 21.2 Å². The SMILES string of the molecule is Cc1nn([C@H]2CCS(=O)(=O)C2)c(C)c1C[NH+](C)Cc1cc(-c2cccs2)on1. The quantitative estimate of drug-likeness (QED) is 0.656. The molecule has 1 saturated heterocycles. The summed E-state index contributed by atoms with van der Waals surface area (Å²) in [6.07, 6.45) is 0.650. The number of rotatable bonds is 6. The Kier molecular flexibility index (Phi) is 5.15. The van der Waals surface area contributed by atoms with Crippen LogP contribution in [0.15, 0.2) is 28.1 Å². The summed E-state index contributed by atoms with van der Waals surface area (Å²) in [6.45, 7) is 5.59. The van der Waals surface area contributed by atoms with Crippen LogP contribution in [0.25, 0.3) is 10.6 Å². The zero-order valence-corrected chi connectivity index (χ0v) is 17.9. The fraction of sp³-hybridized carbons (Fsp3) is 0.474. The van der Waals surface area contributed by atoms with E-state index in [9.17, 15) is 8.42 Å². The number of nitrogens with one attached hydrogen (secondary N) is 1. The molecule has 1 aliphatic heterocycles. The predicted octanol–water partition coefficient (Wildman–Crippen LogP) is 1.79. The van der Waals surface area contributed by atoms with Crippen LogP contribution in [-0.4, -0.2) is 41.9 Å². The molecule has 1 fully saturated rings. The molecule has 0 bridgehead atoms. The average molecular weight is 422 g/mol. The Morgan fingerprint density at radius 3 is 2.86 bits per heavy atom. The number of aryl methyl sites for hydroxylation is 1. The molecule has 1 N–H and O–H groups in total. The molecular weight excluding hydrogens is 396 g/mol. The largest absolute Gasteiger partial charge is 0.355 e. The lowest BCUT2D eigenvalue weighted by atomic mass is 10.1. The Morgan fingerprint density at radius 1 is 1.36 bits per heavy atom. The molecule has 1 aliphatic rings. The van der Waals surface area contributed by atoms with Crippen molar-refractivity contribution in [2.45, 2.75) is 39.4 Å². The molecule has 7 nitrogen and oxygen atoms in total. The second-order valence-electron chi connectivity index (χ2n) is 7.62. The van der Waals surface area contributed by atoms with Crippen molar-refractivity contribution in [3.05, 3.63) is 46.2 Å². The molecule has 0 amide bonds. The number of thiophene rings is 1. The van der Waals surface area contributed by atoms with Crippen molar-refractivity contribution in [3.8, 4) is 10.6 Å². The van der Waals surface area contributed by atoms with Crippen molar-refractivity contribution < 1.29 is 17.8 Å². The minimum atomic E-state index is -2.93. The maximum Gasteiger partial charge on any atom is 0.177 e. The van der Waals surface area contributed by atoms with E-state index in [-0.39, 0.29) is 17.5 Å². The first-order valence-corrected chi connectivity index (χ1v) is 12.1. The molecule has 4 heterocycles. The van der Waals surface area contributed by atoms with E-state index in [1.807, 2.05) is 42.1 Å². The van der Waals surface area contributed by atoms with Gasteiger partial charge in [-0.1, -0.05) is 11.2 Å². The predicted molar refractivity (Wildman–Crippen MR) is 108 cm³/mol. The molecule has 2 atom stereocenters. The average Bonchev–Trinajstić information content (AvgIpc) is 3.39. The van der Waals surface area contributed by atoms with Crippen LogP contribution in [0, 0.1) is 13.8 Å². The van der Waals surface area contributed by atoms with Gasteiger partial charge in [-0.25, -0.2) is 8.42 Å². The summed E-state index contributed by atoms with van der Waals surface area (Å²) < 4.78 is 31.0. The van der Waals surface area contributed by atoms with Gasteiger partial charge in [0.05, 0.1) is 40.7 Å². The summed E-state index contributed by atoms with van der Waals surface area (Å²) >= 11 is 1.63. The van der Waals surface area contributed by atoms with Gasteiger partial charge in [0.2, 0.25) is 0 Å². The van der Waals surface area contributed by atoms with Crippen LogP contribution in [0.4, 0.5) is 0 Å². The van der Waals surface area contributed by atoms with Gasteiger partial charge in [0.25, 0.3) is 0 Å². The van der Waals surface area contributed by atoms with Crippen molar-refractivity contribution in [2.75, 3.05) is 18.6 Å². The van der Waals surface area contributed by atoms with E-state index in [2.05, 4.69) is 17.3 Å². The third kappa shape index (κ3) is 3.92. The van der Waals surface area contributed by atoms with Gasteiger partial charge in [-0.2, -0.15) is 5.10 Å². The molecule has 3 aromatic heterocycles. The van der Waals surface area contributed by atoms with Gasteiger partial charge >= 0.3 is 0 Å². The summed E-state index contributed by atoms with van der Waals surface area (Å²) in [6, 6.07) is 5.98. The zero-order valence-electron chi connectivity index (χ0n) is 16.3. The first kappa shape index (κ1) is 19.4. The lowest BCUT2D eigenvalue weighted by molar-refractivity contribution is -0.908. The van der Waals surface area contributed by atoms with E-state index in [4.69, 9.17) is 4.52 Å². The number of hydrogen-bond acceptors (Lipinski definition) is 6. The molecular formula is C19H25N4O3S2+. The number of sulfone groups is 1. The van der Waals surface area contributed by atoms with Crippen LogP contribution < -0.4 is 4.90 Å². The first-order chi connectivity index (χ1) is 13.3. The third-order valence-electron chi connectivity index (χ3n) is 5.31. The Labute approximate surface area is 168 Å². The van der Waals surface area contributed by atoms with Crippen molar-refractivity contribution in [1.29, 1.82) is 0 Å². The summed E-state index contributed by atoms with van der Waals surface area (Å²) in [5.74, 6) is 1.26. The minimum absolute atomic E-state index is 0.0401. The molecule has 4 rings (SSSR count). The van der Waals surface area contributed by atoms with E-state index < -0.39 is 9.84 Å². The summed E-state index contributed by atoms with van der Waals surface area (Å²) in [4.78, 5) is 2.35. The van der Waals surface area contributed by atoms with Crippen molar-refractivity contribution in [3.63, 3.8) is 0 Å². The number of quaternary nitrogens is 1. The maximum atomic E-state index is 11.8. The lowest BCUT2D eigenvalue weighted by Gasteiger charge is -2.14. The molecule has 0 saturated carbocycles. The Morgan fingerprint density at radius 2 is 2.18 bits per heavy atom. The summed E-state index contributed by atoms with van der Waals surface area (Å²) in [5.41, 5.74) is 4.15. The fourth-order valence-corrected chi connectivity index (χ4v) is 6.25. The first-order valence-electron chi connectivity index (χ1n) is 9.38. The third-order valence-corrected chi connectivity index (χ3v) is 7.95. The Balaban J connectivity index is 1.45. The lowest BCUT2D eigenvalue weighted by Crippen LogP contribution is -3.06. The van der Waals surface area contributed by atoms with E-state index in [0.29, 0.717) is 6.42 Å². The van der Waals surface area contributed by atoms with Crippen LogP contribution in [0.3, 0.4) is 0 Å². The zero-order chi connectivity index (χ0) is 19.9. The molecule has 0 spiro atoms. The van der Waals surface area contributed by atoms with Crippen LogP contribution in [0.2, 0.25) is 0 Å². The maximum absolute atomic E-state index is 11.8. The van der Waals surface area contributed by atoms with E-state index in [1.165, 1.54) is 10.5 Å². The van der Waals surface area contributed by atoms with E-state index in [1.54, 1.807) is 11.3 Å². The highest BCUT2D eigenvalue weighted by molar-refractivity contribution is 7.91. The van der Waals surface area contributed by atoms with E-state index >= 15 is 0 Å². The van der Waals surface area contributed by atoms with Gasteiger partial charge in [0, 0.05) is 11.8 Å². The second kappa shape index (κ2) is 7.46. The van der Waals surface area contributed by atoms with Gasteiger partial charge in [0.15, 0.2) is 15.6 Å². The highest BCUT2D eigenvalue weighted by Crippen LogP contribution is 2.27. The van der Waals surface area contributed by atoms with Gasteiger partial charge in [0.1, 0.15) is 18.8 Å². The molecule has 0 aliphatic carbocycles. The molecule has 150 valence electrons. The van der Waals surface area contributed by atoms with Crippen LogP contribution in [0.1, 0.15) is 35.1 Å². The van der Waals surface area contributed by atoms with Gasteiger partial charge in [-0.05, 0) is 31.7 Å². The standard InChI is InChI=1S/C19H24N4O3S2/c1-13-17(14(2)23(20-13)16-6-8-28(24,25)12-16)11-22(3)10-15-9-18(26-21-15)19-5-4-7-27-19/h4-5,7,9,16H,6,8,10-12H2,1-3H3/p+1/t16-/m0/s1. The number of aromatic nitrogens is 3. The molecule has 0 radical (unpaired) electrons. The molecule has 9 heteroatoms. The highest BCUT2D eigenvalue weighted by atomic mass is 32.2. The van der Waals surface area contributed by atoms with Crippen LogP contribution >= 0.6 is 11.3 Å². The normalized spacial score (nSPS) is 19.9.